The number of ether oxygens (including phenoxy) is 2. The van der Waals surface area contributed by atoms with E-state index in [1.165, 1.54) is 0 Å². The summed E-state index contributed by atoms with van der Waals surface area (Å²) >= 11 is 0. The van der Waals surface area contributed by atoms with Crippen LogP contribution in [0.1, 0.15) is 23.6 Å². The Morgan fingerprint density at radius 3 is 2.51 bits per heavy atom. The van der Waals surface area contributed by atoms with Gasteiger partial charge < -0.3 is 14.8 Å². The van der Waals surface area contributed by atoms with Gasteiger partial charge in [0, 0.05) is 5.56 Å². The summed E-state index contributed by atoms with van der Waals surface area (Å²) in [5, 5.41) is 8.74. The van der Waals surface area contributed by atoms with Crippen molar-refractivity contribution in [3.05, 3.63) is 108 Å². The summed E-state index contributed by atoms with van der Waals surface area (Å²) in [4.78, 5) is 24.8. The fourth-order valence-corrected chi connectivity index (χ4v) is 3.73. The normalized spacial score (nSPS) is 11.7. The second-order valence-electron chi connectivity index (χ2n) is 8.60. The molecular formula is C30H29N3O4. The first-order valence-corrected chi connectivity index (χ1v) is 12.0. The molecule has 0 spiro atoms. The quantitative estimate of drug-likeness (QED) is 0.245. The summed E-state index contributed by atoms with van der Waals surface area (Å²) in [6.07, 6.45) is 1.57. The first-order chi connectivity index (χ1) is 18.0. The van der Waals surface area contributed by atoms with E-state index >= 15 is 0 Å². The van der Waals surface area contributed by atoms with Gasteiger partial charge in [-0.1, -0.05) is 72.8 Å². The molecule has 1 atom stereocenters. The van der Waals surface area contributed by atoms with Gasteiger partial charge >= 0.3 is 0 Å². The monoisotopic (exact) mass is 495 g/mol. The molecule has 0 radical (unpaired) electrons. The van der Waals surface area contributed by atoms with Crippen LogP contribution in [0.2, 0.25) is 0 Å². The predicted octanol–water partition coefficient (Wildman–Crippen LogP) is 4.76. The number of benzene rings is 4. The molecule has 2 N–H and O–H groups in total. The number of amides is 2. The van der Waals surface area contributed by atoms with E-state index in [2.05, 4.69) is 15.8 Å². The summed E-state index contributed by atoms with van der Waals surface area (Å²) in [5.41, 5.74) is 5.33. The van der Waals surface area contributed by atoms with Gasteiger partial charge in [0.1, 0.15) is 24.1 Å². The highest BCUT2D eigenvalue weighted by atomic mass is 16.5. The van der Waals surface area contributed by atoms with Gasteiger partial charge in [-0.3, -0.25) is 9.59 Å². The molecule has 4 rings (SSSR count). The van der Waals surface area contributed by atoms with Crippen LogP contribution in [0.25, 0.3) is 10.8 Å². The predicted molar refractivity (Wildman–Crippen MR) is 145 cm³/mol. The van der Waals surface area contributed by atoms with Crippen molar-refractivity contribution < 1.29 is 19.1 Å². The topological polar surface area (TPSA) is 89.0 Å². The second kappa shape index (κ2) is 12.4. The summed E-state index contributed by atoms with van der Waals surface area (Å²) in [7, 11) is 0. The van der Waals surface area contributed by atoms with Gasteiger partial charge in [-0.2, -0.15) is 5.10 Å². The summed E-state index contributed by atoms with van der Waals surface area (Å²) in [6, 6.07) is 28.2. The Labute approximate surface area is 216 Å². The van der Waals surface area contributed by atoms with Crippen molar-refractivity contribution in [1.82, 2.24) is 10.7 Å². The zero-order valence-corrected chi connectivity index (χ0v) is 20.8. The average Bonchev–Trinajstić information content (AvgIpc) is 2.91. The van der Waals surface area contributed by atoms with E-state index in [9.17, 15) is 9.59 Å². The molecule has 0 unspecified atom stereocenters. The van der Waals surface area contributed by atoms with E-state index in [0.29, 0.717) is 18.1 Å². The fraction of sp³-hybridized carbons (Fsp3) is 0.167. The molecule has 7 heteroatoms. The number of aryl methyl sites for hydroxylation is 1. The molecular weight excluding hydrogens is 466 g/mol. The van der Waals surface area contributed by atoms with Gasteiger partial charge in [0.05, 0.1) is 6.21 Å². The molecule has 0 bridgehead atoms. The lowest BCUT2D eigenvalue weighted by molar-refractivity contribution is -0.129. The highest BCUT2D eigenvalue weighted by molar-refractivity contribution is 6.02. The minimum atomic E-state index is -0.799. The van der Waals surface area contributed by atoms with E-state index in [4.69, 9.17) is 9.47 Å². The molecule has 7 nitrogen and oxygen atoms in total. The van der Waals surface area contributed by atoms with E-state index in [1.807, 2.05) is 91.9 Å². The van der Waals surface area contributed by atoms with Crippen molar-refractivity contribution in [3.8, 4) is 11.5 Å². The summed E-state index contributed by atoms with van der Waals surface area (Å²) in [6.45, 7) is 3.74. The van der Waals surface area contributed by atoms with Crippen LogP contribution in [-0.2, 0) is 16.2 Å². The highest BCUT2D eigenvalue weighted by Crippen LogP contribution is 2.27. The number of hydrogen-bond acceptors (Lipinski definition) is 5. The molecule has 0 saturated heterocycles. The standard InChI is InChI=1S/C30H29N3O4/c1-21-9-8-13-25(17-21)36-20-29(34)32-22(2)30(35)33-31-18-27-26-14-7-6-12-24(26)15-16-28(27)37-19-23-10-4-3-5-11-23/h3-18,22H,19-20H2,1-2H3,(H,32,34)(H,33,35)/t22-/m0/s1. The van der Waals surface area contributed by atoms with Crippen LogP contribution in [0, 0.1) is 6.92 Å². The van der Waals surface area contributed by atoms with Crippen molar-refractivity contribution in [2.45, 2.75) is 26.5 Å². The third-order valence-corrected chi connectivity index (χ3v) is 5.67. The molecule has 0 aliphatic heterocycles. The molecule has 188 valence electrons. The lowest BCUT2D eigenvalue weighted by Crippen LogP contribution is -2.45. The lowest BCUT2D eigenvalue weighted by atomic mass is 10.0. The largest absolute Gasteiger partial charge is 0.488 e. The van der Waals surface area contributed by atoms with Crippen molar-refractivity contribution >= 4 is 28.8 Å². The molecule has 37 heavy (non-hydrogen) atoms. The maximum absolute atomic E-state index is 12.5. The number of nitrogens with one attached hydrogen (secondary N) is 2. The van der Waals surface area contributed by atoms with Crippen LogP contribution in [0.4, 0.5) is 0 Å². The molecule has 0 aliphatic rings. The van der Waals surface area contributed by atoms with Gasteiger partial charge in [-0.15, -0.1) is 0 Å². The number of hydrogen-bond donors (Lipinski definition) is 2. The van der Waals surface area contributed by atoms with Gasteiger partial charge in [0.2, 0.25) is 0 Å². The average molecular weight is 496 g/mol. The van der Waals surface area contributed by atoms with Crippen molar-refractivity contribution in [2.75, 3.05) is 6.61 Å². The van der Waals surface area contributed by atoms with Crippen LogP contribution < -0.4 is 20.2 Å². The third kappa shape index (κ3) is 7.18. The lowest BCUT2D eigenvalue weighted by Gasteiger charge is -2.14. The number of nitrogens with zero attached hydrogens (tertiary/aromatic N) is 1. The van der Waals surface area contributed by atoms with Crippen LogP contribution in [-0.4, -0.2) is 30.7 Å². The summed E-state index contributed by atoms with van der Waals surface area (Å²) in [5.74, 6) is 0.387. The Bertz CT molecular complexity index is 1400. The zero-order chi connectivity index (χ0) is 26.0. The number of fused-ring (bicyclic) bond motifs is 1. The van der Waals surface area contributed by atoms with E-state index in [1.54, 1.807) is 19.2 Å². The van der Waals surface area contributed by atoms with Crippen molar-refractivity contribution in [1.29, 1.82) is 0 Å². The van der Waals surface area contributed by atoms with Crippen LogP contribution in [0.3, 0.4) is 0 Å². The highest BCUT2D eigenvalue weighted by Gasteiger charge is 2.16. The molecule has 0 aliphatic carbocycles. The van der Waals surface area contributed by atoms with E-state index < -0.39 is 17.9 Å². The van der Waals surface area contributed by atoms with Gasteiger partial charge in [0.15, 0.2) is 6.61 Å². The molecule has 4 aromatic rings. The van der Waals surface area contributed by atoms with Crippen LogP contribution in [0.15, 0.2) is 96.1 Å². The third-order valence-electron chi connectivity index (χ3n) is 5.67. The zero-order valence-electron chi connectivity index (χ0n) is 20.8. The number of hydrazone groups is 1. The van der Waals surface area contributed by atoms with Gasteiger partial charge in [-0.25, -0.2) is 5.43 Å². The molecule has 0 aromatic heterocycles. The Morgan fingerprint density at radius 1 is 0.919 bits per heavy atom. The fourth-order valence-electron chi connectivity index (χ4n) is 3.73. The Kier molecular flexibility index (Phi) is 8.49. The first kappa shape index (κ1) is 25.4. The van der Waals surface area contributed by atoms with E-state index in [0.717, 1.165) is 27.5 Å². The van der Waals surface area contributed by atoms with E-state index in [-0.39, 0.29) is 6.61 Å². The number of rotatable bonds is 10. The maximum Gasteiger partial charge on any atom is 0.262 e. The second-order valence-corrected chi connectivity index (χ2v) is 8.60. The van der Waals surface area contributed by atoms with Crippen molar-refractivity contribution in [3.63, 3.8) is 0 Å². The van der Waals surface area contributed by atoms with Crippen LogP contribution >= 0.6 is 0 Å². The molecule has 0 saturated carbocycles. The number of carbonyl (C=O) groups excluding carboxylic acids is 2. The number of carbonyl (C=O) groups is 2. The molecule has 0 heterocycles. The summed E-state index contributed by atoms with van der Waals surface area (Å²) < 4.78 is 11.6. The molecule has 4 aromatic carbocycles. The SMILES string of the molecule is Cc1cccc(OCC(=O)N[C@@H](C)C(=O)NN=Cc2c(OCc3ccccc3)ccc3ccccc23)c1. The molecule has 0 fully saturated rings. The van der Waals surface area contributed by atoms with Crippen molar-refractivity contribution in [2.24, 2.45) is 5.10 Å². The van der Waals surface area contributed by atoms with Crippen LogP contribution in [0.5, 0.6) is 11.5 Å². The first-order valence-electron chi connectivity index (χ1n) is 12.0. The minimum absolute atomic E-state index is 0.192. The minimum Gasteiger partial charge on any atom is -0.488 e. The maximum atomic E-state index is 12.5. The Balaban J connectivity index is 1.37. The Hall–Kier alpha value is -4.65. The van der Waals surface area contributed by atoms with Gasteiger partial charge in [-0.05, 0) is 53.9 Å². The van der Waals surface area contributed by atoms with Gasteiger partial charge in [0.25, 0.3) is 11.8 Å². The smallest absolute Gasteiger partial charge is 0.262 e. The Morgan fingerprint density at radius 2 is 1.70 bits per heavy atom. The molecule has 2 amide bonds.